The first kappa shape index (κ1) is 23.5. The molecule has 0 radical (unpaired) electrons. The fourth-order valence-corrected chi connectivity index (χ4v) is 4.80. The zero-order chi connectivity index (χ0) is 22.6. The van der Waals surface area contributed by atoms with Crippen LogP contribution in [0.15, 0.2) is 30.3 Å². The normalized spacial score (nSPS) is 20.5. The van der Waals surface area contributed by atoms with Crippen molar-refractivity contribution in [2.75, 3.05) is 6.54 Å². The fraction of sp³-hybridized carbons (Fsp3) is 0.615. The lowest BCUT2D eigenvalue weighted by Crippen LogP contribution is -2.62. The van der Waals surface area contributed by atoms with Gasteiger partial charge in [0.05, 0.1) is 0 Å². The summed E-state index contributed by atoms with van der Waals surface area (Å²) in [6.07, 6.45) is 9.68. The van der Waals surface area contributed by atoms with Gasteiger partial charge in [0.2, 0.25) is 5.91 Å². The molecule has 3 rings (SSSR count). The molecule has 0 aromatic heterocycles. The van der Waals surface area contributed by atoms with E-state index < -0.39 is 0 Å². The summed E-state index contributed by atoms with van der Waals surface area (Å²) in [5, 5.41) is 6.71. The number of nitrogens with one attached hydrogen (secondary N) is 2. The number of hydrogen-bond acceptors (Lipinski definition) is 3. The molecule has 1 saturated carbocycles. The van der Waals surface area contributed by atoms with E-state index in [1.165, 1.54) is 0 Å². The van der Waals surface area contributed by atoms with E-state index in [-0.39, 0.29) is 28.9 Å². The van der Waals surface area contributed by atoms with Crippen molar-refractivity contribution >= 4 is 17.9 Å². The van der Waals surface area contributed by atoms with Crippen LogP contribution < -0.4 is 10.6 Å². The van der Waals surface area contributed by atoms with Crippen LogP contribution in [0.3, 0.4) is 0 Å². The van der Waals surface area contributed by atoms with E-state index in [9.17, 15) is 9.59 Å². The van der Waals surface area contributed by atoms with E-state index in [0.717, 1.165) is 50.6 Å². The minimum absolute atomic E-state index is 0.00224. The Morgan fingerprint density at radius 3 is 2.26 bits per heavy atom. The molecule has 2 N–H and O–H groups in total. The van der Waals surface area contributed by atoms with Gasteiger partial charge in [0, 0.05) is 41.3 Å². The summed E-state index contributed by atoms with van der Waals surface area (Å²) in [4.78, 5) is 27.4. The van der Waals surface area contributed by atoms with Crippen molar-refractivity contribution in [3.63, 3.8) is 0 Å². The van der Waals surface area contributed by atoms with Gasteiger partial charge in [0.25, 0.3) is 5.91 Å². The summed E-state index contributed by atoms with van der Waals surface area (Å²) < 4.78 is 0. The van der Waals surface area contributed by atoms with Crippen LogP contribution in [-0.2, 0) is 4.79 Å². The van der Waals surface area contributed by atoms with Gasteiger partial charge >= 0.3 is 0 Å². The Hall–Kier alpha value is -2.14. The molecule has 0 spiro atoms. The van der Waals surface area contributed by atoms with Gasteiger partial charge in [0.15, 0.2) is 0 Å². The van der Waals surface area contributed by atoms with Crippen molar-refractivity contribution in [2.45, 2.75) is 96.3 Å². The van der Waals surface area contributed by atoms with Gasteiger partial charge in [-0.1, -0.05) is 25.5 Å². The van der Waals surface area contributed by atoms with Crippen LogP contribution in [0, 0.1) is 0 Å². The van der Waals surface area contributed by atoms with Gasteiger partial charge in [-0.2, -0.15) is 0 Å². The highest BCUT2D eigenvalue weighted by Crippen LogP contribution is 2.32. The van der Waals surface area contributed by atoms with Crippen LogP contribution in [0.5, 0.6) is 0 Å². The SMILES string of the molecule is CCCCN(C(=O)/C=C/c1ccc(C(=O)NC2CC2)cc1)C1CC(C)(C)NC(C)(C)C1. The molecule has 0 bridgehead atoms. The highest BCUT2D eigenvalue weighted by atomic mass is 16.2. The molecule has 1 aromatic rings. The van der Waals surface area contributed by atoms with E-state index in [1.807, 2.05) is 30.3 Å². The average Bonchev–Trinajstić information content (AvgIpc) is 3.48. The first-order valence-corrected chi connectivity index (χ1v) is 11.8. The first-order chi connectivity index (χ1) is 14.6. The van der Waals surface area contributed by atoms with Gasteiger partial charge in [-0.3, -0.25) is 9.59 Å². The second-order valence-corrected chi connectivity index (χ2v) is 10.5. The van der Waals surface area contributed by atoms with Gasteiger partial charge in [-0.25, -0.2) is 0 Å². The molecule has 2 fully saturated rings. The number of amides is 2. The van der Waals surface area contributed by atoms with E-state index in [1.54, 1.807) is 6.08 Å². The minimum atomic E-state index is -0.0176. The maximum Gasteiger partial charge on any atom is 0.251 e. The van der Waals surface area contributed by atoms with Crippen molar-refractivity contribution in [2.24, 2.45) is 0 Å². The molecule has 1 saturated heterocycles. The van der Waals surface area contributed by atoms with Gasteiger partial charge < -0.3 is 15.5 Å². The molecule has 1 heterocycles. The smallest absolute Gasteiger partial charge is 0.251 e. The minimum Gasteiger partial charge on any atom is -0.349 e. The number of piperidine rings is 1. The maximum absolute atomic E-state index is 13.2. The topological polar surface area (TPSA) is 61.4 Å². The Morgan fingerprint density at radius 2 is 1.71 bits per heavy atom. The zero-order valence-electron chi connectivity index (χ0n) is 19.8. The molecule has 1 aliphatic carbocycles. The van der Waals surface area contributed by atoms with Crippen LogP contribution in [0.4, 0.5) is 0 Å². The molecule has 1 aliphatic heterocycles. The lowest BCUT2D eigenvalue weighted by atomic mass is 9.79. The highest BCUT2D eigenvalue weighted by Gasteiger charge is 2.40. The number of unbranched alkanes of at least 4 members (excludes halogenated alkanes) is 1. The Balaban J connectivity index is 1.68. The van der Waals surface area contributed by atoms with Crippen LogP contribution in [0.1, 0.15) is 89.1 Å². The summed E-state index contributed by atoms with van der Waals surface area (Å²) in [5.74, 6) is 0.0542. The molecule has 0 unspecified atom stereocenters. The molecule has 1 aromatic carbocycles. The lowest BCUT2D eigenvalue weighted by Gasteiger charge is -2.49. The second-order valence-electron chi connectivity index (χ2n) is 10.5. The van der Waals surface area contributed by atoms with Crippen molar-refractivity contribution in [3.05, 3.63) is 41.5 Å². The summed E-state index contributed by atoms with van der Waals surface area (Å²) in [6.45, 7) is 11.8. The molecular formula is C26H39N3O2. The summed E-state index contributed by atoms with van der Waals surface area (Å²) in [7, 11) is 0. The lowest BCUT2D eigenvalue weighted by molar-refractivity contribution is -0.130. The highest BCUT2D eigenvalue weighted by molar-refractivity contribution is 5.95. The summed E-state index contributed by atoms with van der Waals surface area (Å²) >= 11 is 0. The van der Waals surface area contributed by atoms with Crippen LogP contribution in [0.2, 0.25) is 0 Å². The molecule has 2 amide bonds. The van der Waals surface area contributed by atoms with E-state index >= 15 is 0 Å². The second kappa shape index (κ2) is 9.56. The number of carbonyl (C=O) groups excluding carboxylic acids is 2. The molecule has 5 nitrogen and oxygen atoms in total. The van der Waals surface area contributed by atoms with Gasteiger partial charge in [-0.05, 0) is 83.6 Å². The van der Waals surface area contributed by atoms with Crippen molar-refractivity contribution < 1.29 is 9.59 Å². The van der Waals surface area contributed by atoms with Crippen LogP contribution in [-0.4, -0.2) is 46.4 Å². The molecule has 0 atom stereocenters. The Kier molecular flexibility index (Phi) is 7.25. The molecule has 170 valence electrons. The number of hydrogen-bond donors (Lipinski definition) is 2. The van der Waals surface area contributed by atoms with E-state index in [0.29, 0.717) is 11.6 Å². The van der Waals surface area contributed by atoms with Crippen molar-refractivity contribution in [3.8, 4) is 0 Å². The quantitative estimate of drug-likeness (QED) is 0.602. The third-order valence-electron chi connectivity index (χ3n) is 6.15. The van der Waals surface area contributed by atoms with Crippen molar-refractivity contribution in [1.29, 1.82) is 0 Å². The number of benzene rings is 1. The van der Waals surface area contributed by atoms with E-state index in [2.05, 4.69) is 50.2 Å². The van der Waals surface area contributed by atoms with E-state index in [4.69, 9.17) is 0 Å². The Labute approximate surface area is 187 Å². The third kappa shape index (κ3) is 6.93. The monoisotopic (exact) mass is 425 g/mol. The first-order valence-electron chi connectivity index (χ1n) is 11.8. The molecule has 5 heteroatoms. The number of carbonyl (C=O) groups is 2. The third-order valence-corrected chi connectivity index (χ3v) is 6.15. The molecular weight excluding hydrogens is 386 g/mol. The molecule has 31 heavy (non-hydrogen) atoms. The Bertz CT molecular complexity index is 790. The number of rotatable bonds is 8. The van der Waals surface area contributed by atoms with Crippen LogP contribution in [0.25, 0.3) is 6.08 Å². The standard InChI is InChI=1S/C26H39N3O2/c1-6-7-16-29(22-17-25(2,3)28-26(4,5)18-22)23(30)15-10-19-8-11-20(12-9-19)24(31)27-21-13-14-21/h8-12,15,21-22,28H,6-7,13-14,16-18H2,1-5H3,(H,27,31)/b15-10+. The predicted molar refractivity (Wildman–Crippen MR) is 127 cm³/mol. The van der Waals surface area contributed by atoms with Gasteiger partial charge in [-0.15, -0.1) is 0 Å². The average molecular weight is 426 g/mol. The van der Waals surface area contributed by atoms with Crippen molar-refractivity contribution in [1.82, 2.24) is 15.5 Å². The van der Waals surface area contributed by atoms with Gasteiger partial charge in [0.1, 0.15) is 0 Å². The fourth-order valence-electron chi connectivity index (χ4n) is 4.80. The predicted octanol–water partition coefficient (Wildman–Crippen LogP) is 4.53. The summed E-state index contributed by atoms with van der Waals surface area (Å²) in [5.41, 5.74) is 1.59. The molecule has 2 aliphatic rings. The largest absolute Gasteiger partial charge is 0.349 e. The Morgan fingerprint density at radius 1 is 1.10 bits per heavy atom. The van der Waals surface area contributed by atoms with Crippen LogP contribution >= 0.6 is 0 Å². The zero-order valence-corrected chi connectivity index (χ0v) is 19.8. The number of nitrogens with zero attached hydrogens (tertiary/aromatic N) is 1. The summed E-state index contributed by atoms with van der Waals surface area (Å²) in [6, 6.07) is 8.03. The maximum atomic E-state index is 13.2.